The summed E-state index contributed by atoms with van der Waals surface area (Å²) in [6.07, 6.45) is 5.06. The molecule has 0 aromatic rings. The SMILES string of the molecule is CC(C)(C)OC(=O)NS(=O)(=O)C1(C)CC1.CC(C)(C)OC(=O)NS(=O)(=O)C1CC1.CC1(S(N)(=O)=O)CC1.CC1(S(N)(=O)=O)CC1.CI.NS(=O)(=O)C1CC1. The first-order valence-electron chi connectivity index (χ1n) is 16.7. The summed E-state index contributed by atoms with van der Waals surface area (Å²) < 4.78 is 120. The Morgan fingerprint density at radius 3 is 1.00 bits per heavy atom. The van der Waals surface area contributed by atoms with Crippen LogP contribution in [0.3, 0.4) is 0 Å². The van der Waals surface area contributed by atoms with Crippen LogP contribution in [-0.2, 0) is 59.6 Å². The van der Waals surface area contributed by atoms with E-state index in [0.717, 1.165) is 38.5 Å². The predicted molar refractivity (Wildman–Crippen MR) is 215 cm³/mol. The van der Waals surface area contributed by atoms with E-state index >= 15 is 0 Å². The lowest BCUT2D eigenvalue weighted by Gasteiger charge is -2.20. The molecule has 5 fully saturated rings. The first-order valence-corrected chi connectivity index (χ1v) is 26.6. The molecule has 5 rings (SSSR count). The van der Waals surface area contributed by atoms with Crippen LogP contribution in [0.4, 0.5) is 9.59 Å². The Kier molecular flexibility index (Phi) is 18.3. The summed E-state index contributed by atoms with van der Waals surface area (Å²) in [7, 11) is -16.7. The molecule has 8 N–H and O–H groups in total. The van der Waals surface area contributed by atoms with Gasteiger partial charge < -0.3 is 9.47 Å². The normalized spacial score (nSPS) is 20.5. The molecule has 0 heterocycles. The molecule has 0 atom stereocenters. The third-order valence-electron chi connectivity index (χ3n) is 8.08. The summed E-state index contributed by atoms with van der Waals surface area (Å²) in [6, 6.07) is 0. The number of ether oxygens (including phenoxy) is 2. The molecule has 0 spiro atoms. The molecule has 19 nitrogen and oxygen atoms in total. The molecule has 5 aliphatic rings. The highest BCUT2D eigenvalue weighted by Gasteiger charge is 2.51. The molecular weight excluding hydrogens is 930 g/mol. The smallest absolute Gasteiger partial charge is 0.421 e. The van der Waals surface area contributed by atoms with E-state index in [1.807, 2.05) is 14.4 Å². The number of rotatable bonds is 7. The summed E-state index contributed by atoms with van der Waals surface area (Å²) in [5.41, 5.74) is -1.37. The fourth-order valence-electron chi connectivity index (χ4n) is 3.17. The van der Waals surface area contributed by atoms with Crippen LogP contribution in [0, 0.1) is 0 Å². The van der Waals surface area contributed by atoms with Gasteiger partial charge in [0.05, 0.1) is 24.7 Å². The maximum absolute atomic E-state index is 11.6. The highest BCUT2D eigenvalue weighted by molar-refractivity contribution is 14.1. The van der Waals surface area contributed by atoms with Crippen molar-refractivity contribution >= 4 is 84.9 Å². The molecule has 0 aromatic carbocycles. The maximum Gasteiger partial charge on any atom is 0.421 e. The lowest BCUT2D eigenvalue weighted by atomic mass is 10.2. The van der Waals surface area contributed by atoms with Crippen molar-refractivity contribution in [2.75, 3.05) is 4.93 Å². The minimum atomic E-state index is -3.58. The van der Waals surface area contributed by atoms with Crippen molar-refractivity contribution in [1.82, 2.24) is 9.44 Å². The van der Waals surface area contributed by atoms with Gasteiger partial charge in [0.15, 0.2) is 0 Å². The largest absolute Gasteiger partial charge is 0.443 e. The second-order valence-corrected chi connectivity index (χ2v) is 26.3. The quantitative estimate of drug-likeness (QED) is 0.181. The van der Waals surface area contributed by atoms with Crippen LogP contribution in [-0.4, -0.2) is 95.1 Å². The highest BCUT2D eigenvalue weighted by atomic mass is 127. The predicted octanol–water partition coefficient (Wildman–Crippen LogP) is 2.54. The fraction of sp³-hybridized carbons (Fsp3) is 0.931. The third-order valence-corrected chi connectivity index (χ3v) is 17.0. The van der Waals surface area contributed by atoms with Gasteiger partial charge in [0, 0.05) is 0 Å². The molecular formula is C29H60IN5O14S5. The van der Waals surface area contributed by atoms with Gasteiger partial charge in [0.1, 0.15) is 11.2 Å². The van der Waals surface area contributed by atoms with Crippen molar-refractivity contribution in [2.24, 2.45) is 15.4 Å². The number of sulfonamides is 5. The summed E-state index contributed by atoms with van der Waals surface area (Å²) in [5.74, 6) is 0. The van der Waals surface area contributed by atoms with Crippen molar-refractivity contribution < 1.29 is 61.2 Å². The molecule has 0 bridgehead atoms. The number of alkyl halides is 1. The van der Waals surface area contributed by atoms with E-state index < -0.39 is 93.0 Å². The number of hydrogen-bond donors (Lipinski definition) is 5. The van der Waals surface area contributed by atoms with Gasteiger partial charge in [0.25, 0.3) is 0 Å². The topological polar surface area (TPSA) is 325 Å². The number of halogens is 1. The first kappa shape index (κ1) is 52.9. The fourth-order valence-corrected chi connectivity index (χ4v) is 7.65. The molecule has 0 aliphatic heterocycles. The number of carbonyl (C=O) groups is 2. The monoisotopic (exact) mass is 989 g/mol. The maximum atomic E-state index is 11.6. The van der Waals surface area contributed by atoms with Gasteiger partial charge in [-0.2, -0.15) is 0 Å². The minimum absolute atomic E-state index is 0.201. The van der Waals surface area contributed by atoms with Crippen molar-refractivity contribution in [3.63, 3.8) is 0 Å². The Balaban J connectivity index is 0.000000663. The zero-order chi connectivity index (χ0) is 43.2. The number of nitrogens with one attached hydrogen (secondary N) is 2. The number of carbonyl (C=O) groups excluding carboxylic acids is 2. The molecule has 0 aromatic heterocycles. The molecule has 5 saturated carbocycles. The van der Waals surface area contributed by atoms with Gasteiger partial charge in [-0.15, -0.1) is 0 Å². The second kappa shape index (κ2) is 18.7. The Bertz CT molecular complexity index is 1810. The molecule has 5 aliphatic carbocycles. The van der Waals surface area contributed by atoms with E-state index in [4.69, 9.17) is 24.9 Å². The summed E-state index contributed by atoms with van der Waals surface area (Å²) in [5, 5.41) is 13.8. The van der Waals surface area contributed by atoms with Crippen LogP contribution in [0.5, 0.6) is 0 Å². The summed E-state index contributed by atoms with van der Waals surface area (Å²) in [6.45, 7) is 15.0. The number of nitrogens with two attached hydrogens (primary N) is 3. The van der Waals surface area contributed by atoms with Crippen molar-refractivity contribution in [1.29, 1.82) is 0 Å². The van der Waals surface area contributed by atoms with Gasteiger partial charge >= 0.3 is 12.2 Å². The molecule has 322 valence electrons. The van der Waals surface area contributed by atoms with Gasteiger partial charge in [-0.25, -0.2) is 76.5 Å². The molecule has 0 radical (unpaired) electrons. The minimum Gasteiger partial charge on any atom is -0.443 e. The van der Waals surface area contributed by atoms with Crippen LogP contribution in [0.15, 0.2) is 0 Å². The third kappa shape index (κ3) is 20.4. The molecule has 0 unspecified atom stereocenters. The zero-order valence-corrected chi connectivity index (χ0v) is 38.8. The second-order valence-electron chi connectivity index (χ2n) is 16.2. The van der Waals surface area contributed by atoms with Crippen molar-refractivity contribution in [2.45, 2.75) is 162 Å². The number of primary sulfonamides is 3. The highest BCUT2D eigenvalue weighted by Crippen LogP contribution is 2.42. The van der Waals surface area contributed by atoms with Crippen molar-refractivity contribution in [3.8, 4) is 0 Å². The average Bonchev–Trinajstić information content (AvgIpc) is 3.73. The van der Waals surface area contributed by atoms with Crippen LogP contribution in [0.25, 0.3) is 0 Å². The Hall–Kier alpha value is -1.10. The van der Waals surface area contributed by atoms with Crippen LogP contribution in [0.2, 0.25) is 0 Å². The van der Waals surface area contributed by atoms with Crippen LogP contribution in [0.1, 0.15) is 127 Å². The molecule has 54 heavy (non-hydrogen) atoms. The Morgan fingerprint density at radius 1 is 0.556 bits per heavy atom. The first-order chi connectivity index (χ1) is 23.8. The van der Waals surface area contributed by atoms with E-state index in [1.165, 1.54) is 0 Å². The van der Waals surface area contributed by atoms with Gasteiger partial charge in [0.2, 0.25) is 50.1 Å². The lowest BCUT2D eigenvalue weighted by Crippen LogP contribution is -2.41. The van der Waals surface area contributed by atoms with E-state index in [9.17, 15) is 51.7 Å². The zero-order valence-electron chi connectivity index (χ0n) is 32.6. The van der Waals surface area contributed by atoms with Gasteiger partial charge in [-0.3, -0.25) is 0 Å². The van der Waals surface area contributed by atoms with Crippen LogP contribution < -0.4 is 24.9 Å². The molecule has 25 heteroatoms. The van der Waals surface area contributed by atoms with Crippen molar-refractivity contribution in [3.05, 3.63) is 0 Å². The van der Waals surface area contributed by atoms with E-state index in [-0.39, 0.29) is 5.25 Å². The lowest BCUT2D eigenvalue weighted by molar-refractivity contribution is 0.0557. The van der Waals surface area contributed by atoms with Gasteiger partial charge in [-0.1, -0.05) is 22.6 Å². The summed E-state index contributed by atoms with van der Waals surface area (Å²) in [4.78, 5) is 24.3. The standard InChI is InChI=1S/C9H17NO4S.C8H15NO4S.2C4H9NO2S.C3H7NO2S.CH3I/c1-8(2,3)14-7(11)10-15(12,13)9(4)5-6-9;1-8(2,3)13-7(10)9-14(11,12)6-4-5-6;2*1-4(2-3-4)8(5,6)7;4-7(5,6)3-1-2-3;1-2/h5-6H2,1-4H3,(H,10,11);6H,4-5H2,1-3H3,(H,9,10);2*2-3H2,1H3,(H2,5,6,7);3H,1-2H2,(H2,4,5,6);1H3. The number of hydrogen-bond acceptors (Lipinski definition) is 14. The Morgan fingerprint density at radius 2 is 0.833 bits per heavy atom. The number of amides is 2. The van der Waals surface area contributed by atoms with Gasteiger partial charge in [-0.05, 0) is 131 Å². The molecule has 2 amide bonds. The Labute approximate surface area is 336 Å². The summed E-state index contributed by atoms with van der Waals surface area (Å²) >= 11 is 2.15. The van der Waals surface area contributed by atoms with E-state index in [1.54, 1.807) is 62.3 Å². The van der Waals surface area contributed by atoms with E-state index in [0.29, 0.717) is 25.7 Å². The average molecular weight is 990 g/mol. The van der Waals surface area contributed by atoms with Crippen LogP contribution >= 0.6 is 22.6 Å². The molecule has 0 saturated heterocycles. The van der Waals surface area contributed by atoms with E-state index in [2.05, 4.69) is 22.6 Å².